The molecule has 2 rings (SSSR count). The Bertz CT molecular complexity index is 454. The van der Waals surface area contributed by atoms with Crippen LogP contribution in [0.3, 0.4) is 0 Å². The highest BCUT2D eigenvalue weighted by molar-refractivity contribution is 5.90. The van der Waals surface area contributed by atoms with Crippen molar-refractivity contribution >= 4 is 5.97 Å². The fraction of sp³-hybridized carbons (Fsp3) is 0.588. The van der Waals surface area contributed by atoms with Crippen molar-refractivity contribution in [3.63, 3.8) is 0 Å². The van der Waals surface area contributed by atoms with E-state index in [4.69, 9.17) is 4.74 Å². The molecule has 1 aliphatic heterocycles. The average Bonchev–Trinajstić information content (AvgIpc) is 2.53. The van der Waals surface area contributed by atoms with E-state index in [0.717, 1.165) is 24.6 Å². The van der Waals surface area contributed by atoms with Gasteiger partial charge in [-0.05, 0) is 43.5 Å². The van der Waals surface area contributed by atoms with Gasteiger partial charge in [0.2, 0.25) is 0 Å². The zero-order chi connectivity index (χ0) is 15.1. The van der Waals surface area contributed by atoms with Gasteiger partial charge >= 0.3 is 5.97 Å². The van der Waals surface area contributed by atoms with E-state index in [1.807, 2.05) is 24.3 Å². The van der Waals surface area contributed by atoms with Crippen LogP contribution in [-0.2, 0) is 11.3 Å². The molecule has 0 bridgehead atoms. The molecule has 0 saturated carbocycles. The predicted octanol–water partition coefficient (Wildman–Crippen LogP) is 2.29. The number of likely N-dealkylation sites (tertiary alicyclic amines) is 1. The Morgan fingerprint density at radius 1 is 1.33 bits per heavy atom. The second-order valence-electron chi connectivity index (χ2n) is 5.85. The number of carbonyl (C=O) groups is 1. The molecular formula is C17H26N2O2. The quantitative estimate of drug-likeness (QED) is 0.645. The molecule has 1 aromatic rings. The van der Waals surface area contributed by atoms with Gasteiger partial charge in [0.1, 0.15) is 0 Å². The number of piperidine rings is 1. The number of benzene rings is 1. The molecule has 1 saturated heterocycles. The molecule has 0 unspecified atom stereocenters. The van der Waals surface area contributed by atoms with Crippen LogP contribution >= 0.6 is 0 Å². The van der Waals surface area contributed by atoms with Crippen molar-refractivity contribution < 1.29 is 9.53 Å². The van der Waals surface area contributed by atoms with Gasteiger partial charge in [-0.3, -0.25) is 0 Å². The molecule has 116 valence electrons. The minimum absolute atomic E-state index is 0.266. The third-order valence-corrected chi connectivity index (χ3v) is 4.22. The Morgan fingerprint density at radius 2 is 2.05 bits per heavy atom. The molecule has 0 radical (unpaired) electrons. The molecule has 0 aromatic heterocycles. The Labute approximate surface area is 127 Å². The summed E-state index contributed by atoms with van der Waals surface area (Å²) in [5, 5.41) is 3.43. The highest BCUT2D eigenvalue weighted by atomic mass is 16.5. The van der Waals surface area contributed by atoms with Gasteiger partial charge in [-0.2, -0.15) is 0 Å². The number of hydrogen-bond acceptors (Lipinski definition) is 4. The van der Waals surface area contributed by atoms with E-state index in [2.05, 4.69) is 17.1 Å². The molecular weight excluding hydrogens is 264 g/mol. The maximum absolute atomic E-state index is 11.7. The van der Waals surface area contributed by atoms with Gasteiger partial charge in [-0.25, -0.2) is 4.79 Å². The van der Waals surface area contributed by atoms with Gasteiger partial charge in [-0.15, -0.1) is 0 Å². The standard InChI is InChI=1S/C17H26N2O2/c1-14-7-10-19(11-8-14)12-9-18-13-15-5-3-4-6-16(15)17(20)21-2/h3-6,14,18H,7-13H2,1-2H3. The summed E-state index contributed by atoms with van der Waals surface area (Å²) in [6, 6.07) is 7.61. The van der Waals surface area contributed by atoms with Gasteiger partial charge in [0, 0.05) is 19.6 Å². The van der Waals surface area contributed by atoms with Crippen molar-refractivity contribution in [1.29, 1.82) is 0 Å². The molecule has 1 fully saturated rings. The molecule has 1 N–H and O–H groups in total. The molecule has 0 amide bonds. The first-order valence-corrected chi connectivity index (χ1v) is 7.80. The van der Waals surface area contributed by atoms with E-state index in [-0.39, 0.29) is 5.97 Å². The van der Waals surface area contributed by atoms with Crippen LogP contribution in [0.5, 0.6) is 0 Å². The van der Waals surface area contributed by atoms with Crippen molar-refractivity contribution in [3.8, 4) is 0 Å². The maximum atomic E-state index is 11.7. The van der Waals surface area contributed by atoms with Gasteiger partial charge in [0.15, 0.2) is 0 Å². The molecule has 4 heteroatoms. The molecule has 0 aliphatic carbocycles. The lowest BCUT2D eigenvalue weighted by Gasteiger charge is -2.30. The average molecular weight is 290 g/mol. The number of carbonyl (C=O) groups excluding carboxylic acids is 1. The summed E-state index contributed by atoms with van der Waals surface area (Å²) < 4.78 is 4.81. The maximum Gasteiger partial charge on any atom is 0.338 e. The zero-order valence-electron chi connectivity index (χ0n) is 13.1. The van der Waals surface area contributed by atoms with Crippen LogP contribution in [0, 0.1) is 5.92 Å². The second kappa shape index (κ2) is 8.15. The smallest absolute Gasteiger partial charge is 0.338 e. The number of rotatable bonds is 6. The first kappa shape index (κ1) is 16.0. The first-order valence-electron chi connectivity index (χ1n) is 7.80. The number of nitrogens with zero attached hydrogens (tertiary/aromatic N) is 1. The van der Waals surface area contributed by atoms with E-state index >= 15 is 0 Å². The van der Waals surface area contributed by atoms with Gasteiger partial charge in [-0.1, -0.05) is 25.1 Å². The summed E-state index contributed by atoms with van der Waals surface area (Å²) in [5.41, 5.74) is 1.65. The summed E-state index contributed by atoms with van der Waals surface area (Å²) in [4.78, 5) is 14.2. The number of methoxy groups -OCH3 is 1. The van der Waals surface area contributed by atoms with Crippen molar-refractivity contribution in [2.45, 2.75) is 26.3 Å². The van der Waals surface area contributed by atoms with Crippen LogP contribution in [0.2, 0.25) is 0 Å². The lowest BCUT2D eigenvalue weighted by atomic mass is 9.99. The van der Waals surface area contributed by atoms with Crippen LogP contribution in [-0.4, -0.2) is 44.2 Å². The molecule has 0 spiro atoms. The van der Waals surface area contributed by atoms with E-state index < -0.39 is 0 Å². The summed E-state index contributed by atoms with van der Waals surface area (Å²) in [6.45, 7) is 7.48. The normalized spacial score (nSPS) is 16.9. The highest BCUT2D eigenvalue weighted by Crippen LogP contribution is 2.15. The molecule has 1 aliphatic rings. The summed E-state index contributed by atoms with van der Waals surface area (Å²) in [7, 11) is 1.42. The summed E-state index contributed by atoms with van der Waals surface area (Å²) in [5.74, 6) is 0.610. The zero-order valence-corrected chi connectivity index (χ0v) is 13.1. The van der Waals surface area contributed by atoms with E-state index in [0.29, 0.717) is 12.1 Å². The summed E-state index contributed by atoms with van der Waals surface area (Å²) >= 11 is 0. The minimum Gasteiger partial charge on any atom is -0.465 e. The van der Waals surface area contributed by atoms with Crippen LogP contribution in [0.25, 0.3) is 0 Å². The van der Waals surface area contributed by atoms with Crippen molar-refractivity contribution in [1.82, 2.24) is 10.2 Å². The number of esters is 1. The van der Waals surface area contributed by atoms with E-state index in [1.54, 1.807) is 0 Å². The molecule has 1 aromatic carbocycles. The third kappa shape index (κ3) is 4.83. The van der Waals surface area contributed by atoms with Crippen LogP contribution in [0.4, 0.5) is 0 Å². The SMILES string of the molecule is COC(=O)c1ccccc1CNCCN1CCC(C)CC1. The molecule has 4 nitrogen and oxygen atoms in total. The monoisotopic (exact) mass is 290 g/mol. The van der Waals surface area contributed by atoms with Gasteiger partial charge in [0.05, 0.1) is 12.7 Å². The molecule has 21 heavy (non-hydrogen) atoms. The minimum atomic E-state index is -0.266. The lowest BCUT2D eigenvalue weighted by molar-refractivity contribution is 0.0599. The number of ether oxygens (including phenoxy) is 1. The largest absolute Gasteiger partial charge is 0.465 e. The molecule has 1 heterocycles. The number of hydrogen-bond donors (Lipinski definition) is 1. The summed E-state index contributed by atoms with van der Waals surface area (Å²) in [6.07, 6.45) is 2.62. The van der Waals surface area contributed by atoms with Crippen LogP contribution < -0.4 is 5.32 Å². The fourth-order valence-electron chi connectivity index (χ4n) is 2.73. The number of nitrogens with one attached hydrogen (secondary N) is 1. The van der Waals surface area contributed by atoms with E-state index in [1.165, 1.54) is 33.0 Å². The van der Waals surface area contributed by atoms with Gasteiger partial charge < -0.3 is 15.0 Å². The lowest BCUT2D eigenvalue weighted by Crippen LogP contribution is -2.37. The topological polar surface area (TPSA) is 41.6 Å². The third-order valence-electron chi connectivity index (χ3n) is 4.22. The fourth-order valence-corrected chi connectivity index (χ4v) is 2.73. The Morgan fingerprint density at radius 3 is 2.76 bits per heavy atom. The van der Waals surface area contributed by atoms with E-state index in [9.17, 15) is 4.79 Å². The Kier molecular flexibility index (Phi) is 6.21. The van der Waals surface area contributed by atoms with Crippen LogP contribution in [0.1, 0.15) is 35.7 Å². The first-order chi connectivity index (χ1) is 10.2. The molecule has 0 atom stereocenters. The Hall–Kier alpha value is -1.39. The second-order valence-corrected chi connectivity index (χ2v) is 5.85. The Balaban J connectivity index is 1.75. The van der Waals surface area contributed by atoms with Crippen molar-refractivity contribution in [2.75, 3.05) is 33.3 Å². The van der Waals surface area contributed by atoms with Crippen molar-refractivity contribution in [3.05, 3.63) is 35.4 Å². The predicted molar refractivity (Wildman–Crippen MR) is 84.3 cm³/mol. The van der Waals surface area contributed by atoms with Gasteiger partial charge in [0.25, 0.3) is 0 Å². The highest BCUT2D eigenvalue weighted by Gasteiger charge is 2.15. The van der Waals surface area contributed by atoms with Crippen LogP contribution in [0.15, 0.2) is 24.3 Å². The van der Waals surface area contributed by atoms with Crippen molar-refractivity contribution in [2.24, 2.45) is 5.92 Å².